The van der Waals surface area contributed by atoms with E-state index in [4.69, 9.17) is 21.1 Å². The average Bonchev–Trinajstić information content (AvgIpc) is 2.90. The van der Waals surface area contributed by atoms with Crippen LogP contribution in [0.15, 0.2) is 71.6 Å². The number of para-hydroxylation sites is 2. The summed E-state index contributed by atoms with van der Waals surface area (Å²) >= 11 is 6.34. The number of hydrogen-bond donors (Lipinski definition) is 3. The van der Waals surface area contributed by atoms with Gasteiger partial charge in [0.25, 0.3) is 15.9 Å². The van der Waals surface area contributed by atoms with E-state index >= 15 is 0 Å². The number of methoxy groups -OCH3 is 2. The van der Waals surface area contributed by atoms with E-state index in [0.717, 1.165) is 0 Å². The largest absolute Gasteiger partial charge is 0.497 e. The molecule has 4 aromatic rings. The molecule has 0 aliphatic carbocycles. The molecule has 0 saturated heterocycles. The minimum Gasteiger partial charge on any atom is -0.497 e. The smallest absolute Gasteiger partial charge is 0.263 e. The van der Waals surface area contributed by atoms with Crippen molar-refractivity contribution in [1.29, 1.82) is 0 Å². The Hall–Kier alpha value is -3.93. The molecule has 1 aromatic heterocycles. The van der Waals surface area contributed by atoms with E-state index < -0.39 is 15.9 Å². The van der Waals surface area contributed by atoms with Gasteiger partial charge in [-0.15, -0.1) is 0 Å². The second-order valence-corrected chi connectivity index (χ2v) is 9.85. The molecule has 192 valence electrons. The van der Waals surface area contributed by atoms with Crippen LogP contribution in [0.25, 0.3) is 11.0 Å². The van der Waals surface area contributed by atoms with Crippen molar-refractivity contribution in [3.63, 3.8) is 0 Å². The molecule has 0 aliphatic rings. The number of nitrogens with one attached hydrogen (secondary N) is 3. The van der Waals surface area contributed by atoms with E-state index in [1.807, 2.05) is 0 Å². The van der Waals surface area contributed by atoms with Crippen molar-refractivity contribution in [3.8, 4) is 5.75 Å². The monoisotopic (exact) mass is 541 g/mol. The van der Waals surface area contributed by atoms with Crippen molar-refractivity contribution >= 4 is 55.9 Å². The van der Waals surface area contributed by atoms with Gasteiger partial charge in [0.05, 0.1) is 40.4 Å². The Morgan fingerprint density at radius 2 is 1.68 bits per heavy atom. The minimum absolute atomic E-state index is 0.0486. The predicted octanol–water partition coefficient (Wildman–Crippen LogP) is 4.21. The Bertz CT molecular complexity index is 1550. The van der Waals surface area contributed by atoms with E-state index in [2.05, 4.69) is 25.3 Å². The lowest BCUT2D eigenvalue weighted by Gasteiger charge is -2.15. The van der Waals surface area contributed by atoms with E-state index in [-0.39, 0.29) is 22.1 Å². The van der Waals surface area contributed by atoms with E-state index in [9.17, 15) is 13.2 Å². The second kappa shape index (κ2) is 11.4. The maximum absolute atomic E-state index is 13.3. The number of rotatable bonds is 10. The summed E-state index contributed by atoms with van der Waals surface area (Å²) in [6.45, 7) is 0.623. The van der Waals surface area contributed by atoms with Gasteiger partial charge in [0, 0.05) is 25.3 Å². The summed E-state index contributed by atoms with van der Waals surface area (Å²) in [5.74, 6) is 0.205. The lowest BCUT2D eigenvalue weighted by Crippen LogP contribution is -2.27. The number of carbonyl (C=O) groups excluding carboxylic acids is 1. The van der Waals surface area contributed by atoms with Gasteiger partial charge in [0.2, 0.25) is 0 Å². The van der Waals surface area contributed by atoms with Crippen LogP contribution in [0.3, 0.4) is 0 Å². The van der Waals surface area contributed by atoms with Crippen LogP contribution in [-0.2, 0) is 14.8 Å². The molecule has 0 saturated carbocycles. The molecular formula is C25H24ClN5O5S. The first-order chi connectivity index (χ1) is 17.8. The summed E-state index contributed by atoms with van der Waals surface area (Å²) < 4.78 is 39.4. The fourth-order valence-corrected chi connectivity index (χ4v) is 4.59. The van der Waals surface area contributed by atoms with Gasteiger partial charge in [-0.1, -0.05) is 29.8 Å². The second-order valence-electron chi connectivity index (χ2n) is 7.76. The first-order valence-corrected chi connectivity index (χ1v) is 12.9. The van der Waals surface area contributed by atoms with Crippen molar-refractivity contribution in [2.45, 2.75) is 4.90 Å². The summed E-state index contributed by atoms with van der Waals surface area (Å²) in [5.41, 5.74) is 1.65. The zero-order chi connectivity index (χ0) is 26.4. The number of aromatic nitrogens is 2. The molecule has 0 aliphatic heterocycles. The van der Waals surface area contributed by atoms with Gasteiger partial charge in [0.1, 0.15) is 5.75 Å². The molecule has 3 N–H and O–H groups in total. The molecule has 12 heteroatoms. The molecule has 0 atom stereocenters. The molecule has 1 heterocycles. The number of sulfonamides is 1. The predicted molar refractivity (Wildman–Crippen MR) is 142 cm³/mol. The molecule has 1 amide bonds. The Labute approximate surface area is 219 Å². The maximum atomic E-state index is 13.3. The third-order valence-corrected chi connectivity index (χ3v) is 6.89. The standard InChI is InChI=1S/C25H24ClN5O5S/c1-35-13-12-27-25(32)16-6-5-7-18(14-16)37(33,34)31-24-23(28-20-8-3-4-9-21(20)29-24)30-22-15-17(36-2)10-11-19(22)26/h3-11,14-15H,12-13H2,1-2H3,(H,27,32)(H,28,30)(H,29,31). The summed E-state index contributed by atoms with van der Waals surface area (Å²) in [4.78, 5) is 21.3. The van der Waals surface area contributed by atoms with Crippen LogP contribution in [0.5, 0.6) is 5.75 Å². The third kappa shape index (κ3) is 6.26. The van der Waals surface area contributed by atoms with Gasteiger partial charge >= 0.3 is 0 Å². The molecule has 4 rings (SSSR count). The number of anilines is 3. The van der Waals surface area contributed by atoms with Crippen LogP contribution in [-0.4, -0.2) is 51.7 Å². The van der Waals surface area contributed by atoms with E-state index in [1.165, 1.54) is 38.5 Å². The lowest BCUT2D eigenvalue weighted by molar-refractivity contribution is 0.0937. The fraction of sp³-hybridized carbons (Fsp3) is 0.160. The minimum atomic E-state index is -4.16. The number of halogens is 1. The van der Waals surface area contributed by atoms with E-state index in [0.29, 0.717) is 40.6 Å². The van der Waals surface area contributed by atoms with Crippen LogP contribution in [0.2, 0.25) is 5.02 Å². The van der Waals surface area contributed by atoms with Crippen LogP contribution in [0.4, 0.5) is 17.3 Å². The van der Waals surface area contributed by atoms with Crippen molar-refractivity contribution < 1.29 is 22.7 Å². The zero-order valence-electron chi connectivity index (χ0n) is 20.0. The average molecular weight is 542 g/mol. The first-order valence-electron chi connectivity index (χ1n) is 11.1. The maximum Gasteiger partial charge on any atom is 0.263 e. The molecule has 37 heavy (non-hydrogen) atoms. The molecule has 0 radical (unpaired) electrons. The number of carbonyl (C=O) groups is 1. The van der Waals surface area contributed by atoms with Crippen molar-refractivity contribution in [1.82, 2.24) is 15.3 Å². The molecule has 3 aromatic carbocycles. The summed E-state index contributed by atoms with van der Waals surface area (Å²) in [6, 6.07) is 17.7. The molecule has 10 nitrogen and oxygen atoms in total. The summed E-state index contributed by atoms with van der Waals surface area (Å²) in [7, 11) is -1.11. The SMILES string of the molecule is COCCNC(=O)c1cccc(S(=O)(=O)Nc2nc3ccccc3nc2Nc2cc(OC)ccc2Cl)c1. The number of hydrogen-bond acceptors (Lipinski definition) is 8. The topological polar surface area (TPSA) is 132 Å². The van der Waals surface area contributed by atoms with Crippen LogP contribution in [0, 0.1) is 0 Å². The number of fused-ring (bicyclic) bond motifs is 1. The Morgan fingerprint density at radius 1 is 0.946 bits per heavy atom. The Balaban J connectivity index is 1.70. The van der Waals surface area contributed by atoms with Crippen molar-refractivity contribution in [2.24, 2.45) is 0 Å². The van der Waals surface area contributed by atoms with Gasteiger partial charge in [-0.2, -0.15) is 0 Å². The van der Waals surface area contributed by atoms with Crippen LogP contribution >= 0.6 is 11.6 Å². The van der Waals surface area contributed by atoms with Crippen molar-refractivity contribution in [3.05, 3.63) is 77.3 Å². The molecular weight excluding hydrogens is 518 g/mol. The highest BCUT2D eigenvalue weighted by Crippen LogP contribution is 2.32. The van der Waals surface area contributed by atoms with Gasteiger partial charge in [-0.3, -0.25) is 9.52 Å². The highest BCUT2D eigenvalue weighted by molar-refractivity contribution is 7.92. The Kier molecular flexibility index (Phi) is 8.07. The molecule has 0 unspecified atom stereocenters. The number of amides is 1. The van der Waals surface area contributed by atoms with Crippen LogP contribution < -0.4 is 20.1 Å². The van der Waals surface area contributed by atoms with Crippen LogP contribution in [0.1, 0.15) is 10.4 Å². The van der Waals surface area contributed by atoms with Gasteiger partial charge in [-0.05, 0) is 42.5 Å². The lowest BCUT2D eigenvalue weighted by atomic mass is 10.2. The quantitative estimate of drug-likeness (QED) is 0.254. The number of ether oxygens (including phenoxy) is 2. The first kappa shape index (κ1) is 26.1. The zero-order valence-corrected chi connectivity index (χ0v) is 21.6. The normalized spacial score (nSPS) is 11.2. The van der Waals surface area contributed by atoms with E-state index in [1.54, 1.807) is 42.5 Å². The van der Waals surface area contributed by atoms with Gasteiger partial charge in [-0.25, -0.2) is 18.4 Å². The third-order valence-electron chi connectivity index (χ3n) is 5.23. The highest BCUT2D eigenvalue weighted by atomic mass is 35.5. The number of benzene rings is 3. The fourth-order valence-electron chi connectivity index (χ4n) is 3.37. The summed E-state index contributed by atoms with van der Waals surface area (Å²) in [6.07, 6.45) is 0. The number of nitrogens with zero attached hydrogens (tertiary/aromatic N) is 2. The molecule has 0 spiro atoms. The highest BCUT2D eigenvalue weighted by Gasteiger charge is 2.21. The van der Waals surface area contributed by atoms with Gasteiger partial charge in [0.15, 0.2) is 11.6 Å². The molecule has 0 fully saturated rings. The molecule has 0 bridgehead atoms. The van der Waals surface area contributed by atoms with Gasteiger partial charge < -0.3 is 20.1 Å². The Morgan fingerprint density at radius 3 is 2.38 bits per heavy atom. The summed E-state index contributed by atoms with van der Waals surface area (Å²) in [5, 5.41) is 6.09. The van der Waals surface area contributed by atoms with Crippen molar-refractivity contribution in [2.75, 3.05) is 37.4 Å².